The van der Waals surface area contributed by atoms with Crippen LogP contribution < -0.4 is 16.2 Å². The lowest BCUT2D eigenvalue weighted by Gasteiger charge is -2.11. The number of carbonyl (C=O) groups excluding carboxylic acids is 1. The largest absolute Gasteiger partial charge is 0.484 e. The Morgan fingerprint density at radius 1 is 1.21 bits per heavy atom. The quantitative estimate of drug-likeness (QED) is 0.554. The minimum Gasteiger partial charge on any atom is -0.484 e. The maximum Gasteiger partial charge on any atom is 0.290 e. The fraction of sp³-hybridized carbons (Fsp3) is 0.0500. The summed E-state index contributed by atoms with van der Waals surface area (Å²) in [6.07, 6.45) is 3.31. The smallest absolute Gasteiger partial charge is 0.290 e. The molecule has 3 aromatic rings. The molecule has 0 aliphatic carbocycles. The lowest BCUT2D eigenvalue weighted by molar-refractivity contribution is -0.123. The van der Waals surface area contributed by atoms with E-state index in [-0.39, 0.29) is 24.5 Å². The van der Waals surface area contributed by atoms with E-state index in [0.717, 1.165) is 5.56 Å². The summed E-state index contributed by atoms with van der Waals surface area (Å²) in [5.41, 5.74) is 14.2. The molecule has 146 valence electrons. The van der Waals surface area contributed by atoms with Gasteiger partial charge in [0, 0.05) is 23.5 Å². The van der Waals surface area contributed by atoms with Crippen LogP contribution in [-0.2, 0) is 9.59 Å². The van der Waals surface area contributed by atoms with Gasteiger partial charge in [0.05, 0.1) is 5.69 Å². The average Bonchev–Trinajstić information content (AvgIpc) is 2.73. The number of carboxylic acid groups (broad SMARTS) is 1. The van der Waals surface area contributed by atoms with Crippen LogP contribution in [0, 0.1) is 11.3 Å². The molecule has 0 saturated heterocycles. The van der Waals surface area contributed by atoms with Crippen LogP contribution >= 0.6 is 0 Å². The van der Waals surface area contributed by atoms with E-state index in [1.165, 1.54) is 0 Å². The minimum atomic E-state index is -0.568. The number of nitrogen functional groups attached to an aromatic ring is 1. The predicted molar refractivity (Wildman–Crippen MR) is 105 cm³/mol. The Morgan fingerprint density at radius 2 is 1.90 bits per heavy atom. The van der Waals surface area contributed by atoms with E-state index in [1.807, 2.05) is 18.2 Å². The third-order valence-corrected chi connectivity index (χ3v) is 3.66. The number of aromatic nitrogens is 2. The number of nitrogens with zero attached hydrogens (tertiary/aromatic N) is 3. The first-order valence-corrected chi connectivity index (χ1v) is 8.20. The highest BCUT2D eigenvalue weighted by molar-refractivity contribution is 5.80. The number of hydrogen-bond acceptors (Lipinski definition) is 7. The van der Waals surface area contributed by atoms with Crippen molar-refractivity contribution in [1.82, 2.24) is 9.97 Å². The van der Waals surface area contributed by atoms with Gasteiger partial charge in [0.15, 0.2) is 6.61 Å². The number of amides is 1. The predicted octanol–water partition coefficient (Wildman–Crippen LogP) is 1.83. The summed E-state index contributed by atoms with van der Waals surface area (Å²) in [4.78, 5) is 27.6. The zero-order chi connectivity index (χ0) is 21.2. The van der Waals surface area contributed by atoms with Gasteiger partial charge in [0.25, 0.3) is 12.4 Å². The highest BCUT2D eigenvalue weighted by Crippen LogP contribution is 2.32. The Hall–Kier alpha value is -4.45. The van der Waals surface area contributed by atoms with Crippen LogP contribution in [0.3, 0.4) is 0 Å². The zero-order valence-electron chi connectivity index (χ0n) is 15.1. The van der Waals surface area contributed by atoms with Crippen LogP contribution in [0.4, 0.5) is 5.82 Å². The van der Waals surface area contributed by atoms with Crippen LogP contribution in [-0.4, -0.2) is 34.1 Å². The molecule has 0 unspecified atom stereocenters. The number of anilines is 1. The van der Waals surface area contributed by atoms with E-state index in [1.54, 1.807) is 36.7 Å². The van der Waals surface area contributed by atoms with Gasteiger partial charge in [-0.1, -0.05) is 12.1 Å². The molecule has 0 atom stereocenters. The number of ether oxygens (including phenoxy) is 1. The molecule has 9 heteroatoms. The normalized spacial score (nSPS) is 9.48. The lowest BCUT2D eigenvalue weighted by Crippen LogP contribution is -2.19. The molecule has 1 aromatic carbocycles. The Labute approximate surface area is 166 Å². The van der Waals surface area contributed by atoms with Gasteiger partial charge in [-0.15, -0.1) is 0 Å². The van der Waals surface area contributed by atoms with Crippen molar-refractivity contribution in [2.75, 3.05) is 12.3 Å². The summed E-state index contributed by atoms with van der Waals surface area (Å²) in [5.74, 6) is 0.0348. The number of rotatable bonds is 5. The molecule has 0 bridgehead atoms. The number of carbonyl (C=O) groups is 2. The van der Waals surface area contributed by atoms with Crippen LogP contribution in [0.1, 0.15) is 5.56 Å². The van der Waals surface area contributed by atoms with Crippen molar-refractivity contribution in [2.45, 2.75) is 0 Å². The van der Waals surface area contributed by atoms with Crippen LogP contribution in [0.5, 0.6) is 5.75 Å². The van der Waals surface area contributed by atoms with Crippen molar-refractivity contribution in [3.8, 4) is 34.2 Å². The first-order valence-electron chi connectivity index (χ1n) is 8.20. The van der Waals surface area contributed by atoms with Crippen molar-refractivity contribution >= 4 is 18.2 Å². The van der Waals surface area contributed by atoms with Gasteiger partial charge in [-0.2, -0.15) is 5.26 Å². The van der Waals surface area contributed by atoms with Gasteiger partial charge in [-0.05, 0) is 35.9 Å². The van der Waals surface area contributed by atoms with Gasteiger partial charge >= 0.3 is 0 Å². The Balaban J connectivity index is 0.000000941. The van der Waals surface area contributed by atoms with Crippen LogP contribution in [0.25, 0.3) is 22.4 Å². The first kappa shape index (κ1) is 20.9. The van der Waals surface area contributed by atoms with Crippen molar-refractivity contribution < 1.29 is 19.4 Å². The highest BCUT2D eigenvalue weighted by Gasteiger charge is 2.14. The Bertz CT molecular complexity index is 1050. The Morgan fingerprint density at radius 3 is 2.52 bits per heavy atom. The number of hydrogen-bond donors (Lipinski definition) is 3. The molecule has 0 spiro atoms. The zero-order valence-corrected chi connectivity index (χ0v) is 15.1. The molecule has 1 amide bonds. The molecular weight excluding hydrogens is 374 g/mol. The standard InChI is InChI=1S/C19H15N5O2.CH2O2/c20-10-16-15(13-2-1-3-14(8-13)26-11-18(21)25)9-17(24-19(16)22)12-4-6-23-7-5-12;2-1-3/h1-9H,11H2,(H2,21,25)(H2,22,24);1H,(H,2,3). The number of pyridine rings is 2. The third-order valence-electron chi connectivity index (χ3n) is 3.66. The van der Waals surface area contributed by atoms with Gasteiger partial charge in [-0.25, -0.2) is 4.98 Å². The van der Waals surface area contributed by atoms with Gasteiger partial charge in [-0.3, -0.25) is 14.6 Å². The number of nitrogens with two attached hydrogens (primary N) is 2. The molecule has 2 aromatic heterocycles. The van der Waals surface area contributed by atoms with E-state index < -0.39 is 5.91 Å². The second-order valence-corrected chi connectivity index (χ2v) is 5.55. The van der Waals surface area contributed by atoms with E-state index in [2.05, 4.69) is 16.0 Å². The molecule has 0 aliphatic heterocycles. The minimum absolute atomic E-state index is 0.139. The Kier molecular flexibility index (Phi) is 7.22. The molecule has 5 N–H and O–H groups in total. The summed E-state index contributed by atoms with van der Waals surface area (Å²) >= 11 is 0. The molecule has 0 fully saturated rings. The molecular formula is C20H17N5O4. The number of benzene rings is 1. The summed E-state index contributed by atoms with van der Waals surface area (Å²) in [7, 11) is 0. The van der Waals surface area contributed by atoms with Crippen LogP contribution in [0.15, 0.2) is 54.9 Å². The number of primary amides is 1. The van der Waals surface area contributed by atoms with Crippen molar-refractivity contribution in [2.24, 2.45) is 5.73 Å². The van der Waals surface area contributed by atoms with Gasteiger partial charge in [0.1, 0.15) is 23.2 Å². The van der Waals surface area contributed by atoms with Crippen molar-refractivity contribution in [3.05, 3.63) is 60.4 Å². The SMILES string of the molecule is N#Cc1c(-c2cccc(OCC(N)=O)c2)cc(-c2ccncc2)nc1N.O=CO. The molecule has 0 aliphatic rings. The fourth-order valence-corrected chi connectivity index (χ4v) is 2.49. The van der Waals surface area contributed by atoms with Gasteiger partial charge < -0.3 is 21.3 Å². The van der Waals surface area contributed by atoms with Crippen molar-refractivity contribution in [3.63, 3.8) is 0 Å². The highest BCUT2D eigenvalue weighted by atomic mass is 16.5. The molecule has 3 rings (SSSR count). The maximum atomic E-state index is 10.9. The lowest BCUT2D eigenvalue weighted by atomic mass is 9.98. The third kappa shape index (κ3) is 5.51. The topological polar surface area (TPSA) is 165 Å². The fourth-order valence-electron chi connectivity index (χ4n) is 2.49. The molecule has 2 heterocycles. The molecule has 0 radical (unpaired) electrons. The van der Waals surface area contributed by atoms with E-state index >= 15 is 0 Å². The molecule has 0 saturated carbocycles. The van der Waals surface area contributed by atoms with E-state index in [4.69, 9.17) is 26.1 Å². The van der Waals surface area contributed by atoms with Gasteiger partial charge in [0.2, 0.25) is 0 Å². The number of nitriles is 1. The summed E-state index contributed by atoms with van der Waals surface area (Å²) in [6.45, 7) is -0.477. The first-order chi connectivity index (χ1) is 14.0. The second-order valence-electron chi connectivity index (χ2n) is 5.55. The summed E-state index contributed by atoms with van der Waals surface area (Å²) in [5, 5.41) is 16.4. The average molecular weight is 391 g/mol. The maximum absolute atomic E-state index is 10.9. The molecule has 9 nitrogen and oxygen atoms in total. The molecule has 29 heavy (non-hydrogen) atoms. The van der Waals surface area contributed by atoms with E-state index in [0.29, 0.717) is 22.6 Å². The summed E-state index contributed by atoms with van der Waals surface area (Å²) < 4.78 is 5.34. The monoisotopic (exact) mass is 391 g/mol. The summed E-state index contributed by atoms with van der Waals surface area (Å²) in [6, 6.07) is 14.5. The van der Waals surface area contributed by atoms with E-state index in [9.17, 15) is 10.1 Å². The van der Waals surface area contributed by atoms with Crippen LogP contribution in [0.2, 0.25) is 0 Å². The second kappa shape index (κ2) is 10.0. The van der Waals surface area contributed by atoms with Crippen molar-refractivity contribution in [1.29, 1.82) is 5.26 Å².